The minimum Gasteiger partial charge on any atom is -0.496 e. The minimum atomic E-state index is -1.39. The van der Waals surface area contributed by atoms with Crippen LogP contribution in [0.5, 0.6) is 35.3 Å². The maximum atomic E-state index is 10.6. The molecular formula is C62H83I3N6O13. The van der Waals surface area contributed by atoms with Crippen LogP contribution >= 0.6 is 67.8 Å². The third kappa shape index (κ3) is 22.8. The largest absolute Gasteiger partial charge is 0.496 e. The highest BCUT2D eigenvalue weighted by molar-refractivity contribution is 14.1. The topological polar surface area (TPSA) is 238 Å². The molecule has 0 fully saturated rings. The number of ether oxygens (including phenoxy) is 9. The van der Waals surface area contributed by atoms with Crippen molar-refractivity contribution in [1.29, 1.82) is 0 Å². The lowest BCUT2D eigenvalue weighted by molar-refractivity contribution is -0.236. The molecule has 0 saturated heterocycles. The molecule has 2 atom stereocenters. The van der Waals surface area contributed by atoms with Gasteiger partial charge in [-0.3, -0.25) is 4.79 Å². The van der Waals surface area contributed by atoms with Crippen molar-refractivity contribution in [1.82, 2.24) is 29.9 Å². The molecule has 2 aliphatic heterocycles. The van der Waals surface area contributed by atoms with Crippen LogP contribution in [0.1, 0.15) is 132 Å². The molecule has 3 N–H and O–H groups in total. The SMILES string of the molecule is CC=CCOCc1c(I)cc(C)nc1OC.CCC.CCC1=COCc2c1cc(C)nc2OC.CC[C@]1(O)c2cc(C)nc(OC)c2COC1O.COc1cccc(C)n1.COc1nc(C)cc(I)c1C=O.COc1nc(C)cc(I)c1CO. The van der Waals surface area contributed by atoms with E-state index >= 15 is 0 Å². The van der Waals surface area contributed by atoms with E-state index in [1.54, 1.807) is 41.4 Å². The fourth-order valence-electron chi connectivity index (χ4n) is 7.70. The second kappa shape index (κ2) is 39.4. The molecule has 0 bridgehead atoms. The zero-order valence-corrected chi connectivity index (χ0v) is 57.9. The van der Waals surface area contributed by atoms with Crippen LogP contribution in [0.4, 0.5) is 0 Å². The first-order chi connectivity index (χ1) is 40.1. The number of hydrogen-bond acceptors (Lipinski definition) is 19. The summed E-state index contributed by atoms with van der Waals surface area (Å²) in [5.41, 5.74) is 11.1. The molecular weight excluding hydrogens is 1420 g/mol. The number of aromatic nitrogens is 6. The van der Waals surface area contributed by atoms with Crippen LogP contribution in [0.25, 0.3) is 5.57 Å². The second-order valence-corrected chi connectivity index (χ2v) is 21.9. The molecule has 0 saturated carbocycles. The Balaban J connectivity index is 0.000000344. The molecule has 2 aliphatic rings. The number of fused-ring (bicyclic) bond motifs is 2. The van der Waals surface area contributed by atoms with Gasteiger partial charge in [0, 0.05) is 62.1 Å². The first-order valence-electron chi connectivity index (χ1n) is 26.8. The Bertz CT molecular complexity index is 3080. The van der Waals surface area contributed by atoms with Gasteiger partial charge < -0.3 is 58.0 Å². The average Bonchev–Trinajstić information content (AvgIpc) is 1.54. The predicted octanol–water partition coefficient (Wildman–Crippen LogP) is 12.7. The minimum absolute atomic E-state index is 0.0330. The molecule has 1 unspecified atom stereocenters. The van der Waals surface area contributed by atoms with Crippen molar-refractivity contribution in [2.24, 2.45) is 0 Å². The Morgan fingerprint density at radius 1 is 0.643 bits per heavy atom. The number of aldehydes is 1. The molecule has 460 valence electrons. The van der Waals surface area contributed by atoms with E-state index in [2.05, 4.69) is 125 Å². The number of hydrogen-bond donors (Lipinski definition) is 3. The van der Waals surface area contributed by atoms with E-state index in [1.165, 1.54) is 31.8 Å². The van der Waals surface area contributed by atoms with Crippen molar-refractivity contribution in [3.05, 3.63) is 151 Å². The summed E-state index contributed by atoms with van der Waals surface area (Å²) >= 11 is 6.52. The Labute approximate surface area is 537 Å². The lowest BCUT2D eigenvalue weighted by atomic mass is 9.85. The van der Waals surface area contributed by atoms with Crippen LogP contribution in [-0.2, 0) is 46.2 Å². The van der Waals surface area contributed by atoms with Gasteiger partial charge in [-0.1, -0.05) is 52.3 Å². The van der Waals surface area contributed by atoms with Crippen molar-refractivity contribution >= 4 is 79.6 Å². The maximum Gasteiger partial charge on any atom is 0.225 e. The van der Waals surface area contributed by atoms with Gasteiger partial charge in [0.2, 0.25) is 35.3 Å². The lowest BCUT2D eigenvalue weighted by Crippen LogP contribution is -2.44. The van der Waals surface area contributed by atoms with Crippen molar-refractivity contribution in [2.45, 2.75) is 134 Å². The van der Waals surface area contributed by atoms with E-state index in [0.717, 1.165) is 74.3 Å². The molecule has 0 aliphatic carbocycles. The molecule has 6 aromatic rings. The Hall–Kier alpha value is -5.36. The summed E-state index contributed by atoms with van der Waals surface area (Å²) in [7, 11) is 9.47. The zero-order chi connectivity index (χ0) is 63.1. The van der Waals surface area contributed by atoms with Gasteiger partial charge in [0.15, 0.2) is 12.6 Å². The van der Waals surface area contributed by atoms with Crippen molar-refractivity contribution < 1.29 is 62.7 Å². The van der Waals surface area contributed by atoms with Gasteiger partial charge in [-0.15, -0.1) is 0 Å². The number of aliphatic hydroxyl groups is 3. The summed E-state index contributed by atoms with van der Waals surface area (Å²) in [4.78, 5) is 35.8. The van der Waals surface area contributed by atoms with Gasteiger partial charge in [-0.2, -0.15) is 0 Å². The van der Waals surface area contributed by atoms with E-state index in [9.17, 15) is 15.0 Å². The van der Waals surface area contributed by atoms with Crippen molar-refractivity contribution in [3.8, 4) is 35.3 Å². The molecule has 8 rings (SSSR count). The molecule has 22 heteroatoms. The number of aliphatic hydroxyl groups excluding tert-OH is 2. The smallest absolute Gasteiger partial charge is 0.225 e. The number of carbonyl (C=O) groups is 1. The Morgan fingerprint density at radius 2 is 1.14 bits per heavy atom. The number of methoxy groups -OCH3 is 6. The van der Waals surface area contributed by atoms with Crippen LogP contribution < -0.4 is 28.4 Å². The number of carbonyl (C=O) groups excluding carboxylic acids is 1. The summed E-state index contributed by atoms with van der Waals surface area (Å²) < 4.78 is 49.6. The Morgan fingerprint density at radius 3 is 1.63 bits per heavy atom. The maximum absolute atomic E-state index is 10.6. The number of pyridine rings is 6. The van der Waals surface area contributed by atoms with Gasteiger partial charge >= 0.3 is 0 Å². The monoisotopic (exact) mass is 1500 g/mol. The summed E-state index contributed by atoms with van der Waals surface area (Å²) in [6.45, 7) is 23.4. The van der Waals surface area contributed by atoms with E-state index < -0.39 is 11.9 Å². The van der Waals surface area contributed by atoms with E-state index in [0.29, 0.717) is 78.2 Å². The molecule has 0 amide bonds. The summed E-state index contributed by atoms with van der Waals surface area (Å²) in [6.07, 6.45) is 7.88. The normalized spacial score (nSPS) is 14.2. The van der Waals surface area contributed by atoms with Crippen LogP contribution in [-0.4, -0.2) is 107 Å². The van der Waals surface area contributed by atoms with Crippen LogP contribution in [0, 0.1) is 52.3 Å². The first kappa shape index (κ1) is 74.7. The van der Waals surface area contributed by atoms with Gasteiger partial charge in [0.1, 0.15) is 12.2 Å². The molecule has 84 heavy (non-hydrogen) atoms. The van der Waals surface area contributed by atoms with Crippen molar-refractivity contribution in [2.75, 3.05) is 49.3 Å². The highest BCUT2D eigenvalue weighted by atomic mass is 127. The van der Waals surface area contributed by atoms with E-state index in [-0.39, 0.29) is 13.2 Å². The number of halogens is 3. The van der Waals surface area contributed by atoms with Crippen LogP contribution in [0.3, 0.4) is 0 Å². The van der Waals surface area contributed by atoms with Crippen molar-refractivity contribution in [3.63, 3.8) is 0 Å². The molecule has 0 radical (unpaired) electrons. The summed E-state index contributed by atoms with van der Waals surface area (Å²) in [5.74, 6) is 3.37. The van der Waals surface area contributed by atoms with Gasteiger partial charge in [0.25, 0.3) is 0 Å². The summed E-state index contributed by atoms with van der Waals surface area (Å²) in [6, 6.07) is 15.3. The summed E-state index contributed by atoms with van der Waals surface area (Å²) in [5, 5.41) is 29.3. The number of allylic oxidation sites excluding steroid dienone is 2. The molecule has 19 nitrogen and oxygen atoms in total. The quantitative estimate of drug-likeness (QED) is 0.0398. The van der Waals surface area contributed by atoms with Gasteiger partial charge in [-0.05, 0) is 177 Å². The highest BCUT2D eigenvalue weighted by Crippen LogP contribution is 2.40. The highest BCUT2D eigenvalue weighted by Gasteiger charge is 2.43. The number of nitrogens with zero attached hydrogens (tertiary/aromatic N) is 6. The zero-order valence-electron chi connectivity index (χ0n) is 51.4. The average molecular weight is 1500 g/mol. The lowest BCUT2D eigenvalue weighted by Gasteiger charge is -2.38. The third-order valence-corrected chi connectivity index (χ3v) is 14.7. The predicted molar refractivity (Wildman–Crippen MR) is 351 cm³/mol. The van der Waals surface area contributed by atoms with Gasteiger partial charge in [-0.25, -0.2) is 29.9 Å². The van der Waals surface area contributed by atoms with Crippen LogP contribution in [0.2, 0.25) is 0 Å². The molecule has 0 spiro atoms. The molecule has 6 aromatic heterocycles. The fourth-order valence-corrected chi connectivity index (χ4v) is 10.2. The third-order valence-electron chi connectivity index (χ3n) is 11.8. The van der Waals surface area contributed by atoms with Crippen LogP contribution in [0.15, 0.2) is 66.9 Å². The number of aryl methyl sites for hydroxylation is 6. The standard InChI is InChI=1S/C12H16INO2.C12H17NO4.C12H15NO2.C8H10INO2.C8H8INO2.C7H9NO.C3H8/c1-4-5-6-16-8-10-11(13)7-9(2)14-12(10)15-3;1-4-12(15)9-5-7(2)13-10(16-3)8(9)6-17-11(12)14;1-4-9-6-15-7-11-10(9)5-8(2)13-12(11)14-3;2*1-5-3-7(9)6(4-11)8(10-5)12-2;1-6-4-3-5-7(8-6)9-2;1-3-2/h4-5,7H,6,8H2,1-3H3;5,11,14-15H,4,6H2,1-3H3;5-6H,4,7H2,1-3H3;3,11H,4H2,1-2H3;3-4H,1-2H3;3-5H,1-2H3;3H2,1-2H3/t;11?,12-;;;;;/m.0...../s1. The second-order valence-electron chi connectivity index (χ2n) is 18.4. The molecule has 8 heterocycles. The first-order valence-corrected chi connectivity index (χ1v) is 30.1. The fraction of sp³-hybridized carbons (Fsp3) is 0.435. The Kier molecular flexibility index (Phi) is 35.0. The van der Waals surface area contributed by atoms with E-state index in [4.69, 9.17) is 47.7 Å². The van der Waals surface area contributed by atoms with E-state index in [1.807, 2.05) is 103 Å². The van der Waals surface area contributed by atoms with Gasteiger partial charge in [0.05, 0.1) is 97.6 Å². The molecule has 0 aromatic carbocycles. The number of rotatable bonds is 14.